The van der Waals surface area contributed by atoms with E-state index in [1.807, 2.05) is 12.1 Å². The third-order valence-electron chi connectivity index (χ3n) is 3.27. The summed E-state index contributed by atoms with van der Waals surface area (Å²) in [6.45, 7) is 5.17. The van der Waals surface area contributed by atoms with Crippen molar-refractivity contribution in [2.75, 3.05) is 26.9 Å². The van der Waals surface area contributed by atoms with Crippen LogP contribution < -0.4 is 14.8 Å². The van der Waals surface area contributed by atoms with E-state index in [0.717, 1.165) is 38.1 Å². The summed E-state index contributed by atoms with van der Waals surface area (Å²) in [5, 5.41) is 3.85. The van der Waals surface area contributed by atoms with Crippen molar-refractivity contribution < 1.29 is 14.2 Å². The number of ether oxygens (including phenoxy) is 3. The predicted molar refractivity (Wildman–Crippen MR) is 79.9 cm³/mol. The van der Waals surface area contributed by atoms with Gasteiger partial charge >= 0.3 is 0 Å². The number of hydrogen-bond donors (Lipinski definition) is 1. The summed E-state index contributed by atoms with van der Waals surface area (Å²) in [7, 11) is 1.63. The second-order valence-electron chi connectivity index (χ2n) is 4.85. The Hall–Kier alpha value is -0.970. The summed E-state index contributed by atoms with van der Waals surface area (Å²) in [6, 6.07) is 3.89. The first-order chi connectivity index (χ1) is 9.74. The molecule has 1 fully saturated rings. The van der Waals surface area contributed by atoms with Gasteiger partial charge in [-0.2, -0.15) is 0 Å². The Morgan fingerprint density at radius 2 is 2.30 bits per heavy atom. The highest BCUT2D eigenvalue weighted by molar-refractivity contribution is 6.32. The van der Waals surface area contributed by atoms with E-state index in [1.165, 1.54) is 0 Å². The molecule has 0 amide bonds. The van der Waals surface area contributed by atoms with Gasteiger partial charge in [0, 0.05) is 13.2 Å². The molecule has 0 aliphatic carbocycles. The van der Waals surface area contributed by atoms with Gasteiger partial charge in [0.15, 0.2) is 11.5 Å². The molecule has 1 aromatic rings. The van der Waals surface area contributed by atoms with E-state index in [1.54, 1.807) is 7.11 Å². The van der Waals surface area contributed by atoms with Gasteiger partial charge in [-0.15, -0.1) is 0 Å². The van der Waals surface area contributed by atoms with Crippen LogP contribution in [0.15, 0.2) is 12.1 Å². The van der Waals surface area contributed by atoms with E-state index in [0.29, 0.717) is 23.1 Å². The second kappa shape index (κ2) is 7.72. The van der Waals surface area contributed by atoms with Crippen LogP contribution in [0.1, 0.15) is 25.3 Å². The monoisotopic (exact) mass is 299 g/mol. The highest BCUT2D eigenvalue weighted by atomic mass is 35.5. The van der Waals surface area contributed by atoms with Crippen molar-refractivity contribution in [3.8, 4) is 11.5 Å². The Labute approximate surface area is 125 Å². The van der Waals surface area contributed by atoms with Crippen molar-refractivity contribution in [1.82, 2.24) is 5.32 Å². The van der Waals surface area contributed by atoms with Crippen LogP contribution in [0.5, 0.6) is 11.5 Å². The fourth-order valence-corrected chi connectivity index (χ4v) is 2.51. The normalized spacial score (nSPS) is 18.9. The number of rotatable bonds is 6. The number of hydrogen-bond acceptors (Lipinski definition) is 4. The van der Waals surface area contributed by atoms with Gasteiger partial charge < -0.3 is 19.5 Å². The van der Waals surface area contributed by atoms with Crippen LogP contribution in [0.25, 0.3) is 0 Å². The molecule has 1 N–H and O–H groups in total. The molecule has 1 saturated heterocycles. The molecule has 0 saturated carbocycles. The van der Waals surface area contributed by atoms with Crippen molar-refractivity contribution in [2.45, 2.75) is 32.4 Å². The van der Waals surface area contributed by atoms with Crippen molar-refractivity contribution in [3.63, 3.8) is 0 Å². The standard InChI is InChI=1S/C15H22ClNO3/c1-3-17-9-11-7-13(16)15(14(8-11)18-2)20-12-5-4-6-19-10-12/h7-8,12,17H,3-6,9-10H2,1-2H3. The highest BCUT2D eigenvalue weighted by Crippen LogP contribution is 2.37. The predicted octanol–water partition coefficient (Wildman–Crippen LogP) is 3.02. The first kappa shape index (κ1) is 15.4. The quantitative estimate of drug-likeness (QED) is 0.876. The van der Waals surface area contributed by atoms with Gasteiger partial charge in [-0.1, -0.05) is 18.5 Å². The lowest BCUT2D eigenvalue weighted by Crippen LogP contribution is -2.28. The smallest absolute Gasteiger partial charge is 0.180 e. The van der Waals surface area contributed by atoms with Crippen LogP contribution in [0.4, 0.5) is 0 Å². The summed E-state index contributed by atoms with van der Waals surface area (Å²) >= 11 is 6.34. The Bertz CT molecular complexity index is 433. The maximum Gasteiger partial charge on any atom is 0.180 e. The Morgan fingerprint density at radius 3 is 2.95 bits per heavy atom. The van der Waals surface area contributed by atoms with Crippen LogP contribution in [-0.4, -0.2) is 33.0 Å². The summed E-state index contributed by atoms with van der Waals surface area (Å²) in [5.74, 6) is 1.29. The van der Waals surface area contributed by atoms with Gasteiger partial charge in [-0.25, -0.2) is 0 Å². The average Bonchev–Trinajstić information content (AvgIpc) is 2.48. The molecular weight excluding hydrogens is 278 g/mol. The molecular formula is C15H22ClNO3. The molecule has 1 aromatic carbocycles. The molecule has 0 spiro atoms. The number of benzene rings is 1. The molecule has 1 atom stereocenters. The highest BCUT2D eigenvalue weighted by Gasteiger charge is 2.20. The van der Waals surface area contributed by atoms with Crippen molar-refractivity contribution in [1.29, 1.82) is 0 Å². The van der Waals surface area contributed by atoms with Gasteiger partial charge in [-0.3, -0.25) is 0 Å². The third-order valence-corrected chi connectivity index (χ3v) is 3.55. The molecule has 0 aromatic heterocycles. The minimum atomic E-state index is 0.0507. The molecule has 0 bridgehead atoms. The summed E-state index contributed by atoms with van der Waals surface area (Å²) in [4.78, 5) is 0. The fourth-order valence-electron chi connectivity index (χ4n) is 2.23. The molecule has 1 aliphatic heterocycles. The largest absolute Gasteiger partial charge is 0.493 e. The first-order valence-corrected chi connectivity index (χ1v) is 7.44. The lowest BCUT2D eigenvalue weighted by atomic mass is 10.1. The lowest BCUT2D eigenvalue weighted by Gasteiger charge is -2.25. The molecule has 20 heavy (non-hydrogen) atoms. The minimum absolute atomic E-state index is 0.0507. The fraction of sp³-hybridized carbons (Fsp3) is 0.600. The van der Waals surface area contributed by atoms with Crippen LogP contribution in [-0.2, 0) is 11.3 Å². The molecule has 2 rings (SSSR count). The Kier molecular flexibility index (Phi) is 5.95. The minimum Gasteiger partial charge on any atom is -0.493 e. The van der Waals surface area contributed by atoms with Gasteiger partial charge in [-0.05, 0) is 37.1 Å². The zero-order chi connectivity index (χ0) is 14.4. The number of methoxy groups -OCH3 is 1. The van der Waals surface area contributed by atoms with Crippen LogP contribution in [0.3, 0.4) is 0 Å². The van der Waals surface area contributed by atoms with Gasteiger partial charge in [0.2, 0.25) is 0 Å². The molecule has 4 nitrogen and oxygen atoms in total. The van der Waals surface area contributed by atoms with E-state index >= 15 is 0 Å². The maximum atomic E-state index is 6.34. The summed E-state index contributed by atoms with van der Waals surface area (Å²) in [5.41, 5.74) is 1.08. The van der Waals surface area contributed by atoms with Crippen molar-refractivity contribution in [3.05, 3.63) is 22.7 Å². The van der Waals surface area contributed by atoms with Crippen molar-refractivity contribution >= 4 is 11.6 Å². The van der Waals surface area contributed by atoms with Crippen molar-refractivity contribution in [2.24, 2.45) is 0 Å². The van der Waals surface area contributed by atoms with E-state index in [2.05, 4.69) is 12.2 Å². The number of halogens is 1. The van der Waals surface area contributed by atoms with Gasteiger partial charge in [0.1, 0.15) is 6.10 Å². The second-order valence-corrected chi connectivity index (χ2v) is 5.25. The lowest BCUT2D eigenvalue weighted by molar-refractivity contribution is 0.00648. The van der Waals surface area contributed by atoms with Gasteiger partial charge in [0.05, 0.1) is 18.7 Å². The molecule has 5 heteroatoms. The molecule has 1 heterocycles. The Balaban J connectivity index is 2.14. The van der Waals surface area contributed by atoms with E-state index in [-0.39, 0.29) is 6.10 Å². The van der Waals surface area contributed by atoms with E-state index in [4.69, 9.17) is 25.8 Å². The van der Waals surface area contributed by atoms with E-state index in [9.17, 15) is 0 Å². The molecule has 1 unspecified atom stereocenters. The van der Waals surface area contributed by atoms with E-state index < -0.39 is 0 Å². The molecule has 1 aliphatic rings. The summed E-state index contributed by atoms with van der Waals surface area (Å²) in [6.07, 6.45) is 2.05. The van der Waals surface area contributed by atoms with Crippen LogP contribution in [0.2, 0.25) is 5.02 Å². The maximum absolute atomic E-state index is 6.34. The SMILES string of the molecule is CCNCc1cc(Cl)c(OC2CCCOC2)c(OC)c1. The number of nitrogens with one attached hydrogen (secondary N) is 1. The topological polar surface area (TPSA) is 39.7 Å². The van der Waals surface area contributed by atoms with Crippen LogP contribution >= 0.6 is 11.6 Å². The third kappa shape index (κ3) is 4.01. The Morgan fingerprint density at radius 1 is 1.45 bits per heavy atom. The summed E-state index contributed by atoms with van der Waals surface area (Å²) < 4.78 is 16.8. The average molecular weight is 300 g/mol. The zero-order valence-electron chi connectivity index (χ0n) is 12.1. The van der Waals surface area contributed by atoms with Gasteiger partial charge in [0.25, 0.3) is 0 Å². The molecule has 0 radical (unpaired) electrons. The van der Waals surface area contributed by atoms with Crippen LogP contribution in [0, 0.1) is 0 Å². The zero-order valence-corrected chi connectivity index (χ0v) is 12.8. The first-order valence-electron chi connectivity index (χ1n) is 7.06. The molecule has 112 valence electrons.